The van der Waals surface area contributed by atoms with Crippen LogP contribution in [0.25, 0.3) is 5.57 Å². The normalized spacial score (nSPS) is 18.1. The maximum absolute atomic E-state index is 13.5. The average Bonchev–Trinajstić information content (AvgIpc) is 3.35. The molecule has 1 saturated heterocycles. The molecule has 7 heteroatoms. The Morgan fingerprint density at radius 2 is 1.78 bits per heavy atom. The molecule has 0 bridgehead atoms. The minimum Gasteiger partial charge on any atom is -0.492 e. The molecule has 1 aromatic heterocycles. The average molecular weight is 454 g/mol. The number of likely N-dealkylation sites (tertiary alicyclic amines) is 1. The lowest BCUT2D eigenvalue weighted by Gasteiger charge is -2.36. The number of imide groups is 1. The van der Waals surface area contributed by atoms with Crippen molar-refractivity contribution < 1.29 is 14.3 Å². The molecule has 0 N–H and O–H groups in total. The summed E-state index contributed by atoms with van der Waals surface area (Å²) in [6.07, 6.45) is 1.96. The van der Waals surface area contributed by atoms with Crippen molar-refractivity contribution in [2.24, 2.45) is 0 Å². The number of likely N-dealkylation sites (N-methyl/N-ethyl adjacent to an activating group) is 1. The fourth-order valence-corrected chi connectivity index (χ4v) is 5.34. The van der Waals surface area contributed by atoms with Gasteiger partial charge in [-0.15, -0.1) is 11.3 Å². The molecule has 0 unspecified atom stereocenters. The largest absolute Gasteiger partial charge is 0.492 e. The highest BCUT2D eigenvalue weighted by atomic mass is 32.1. The second kappa shape index (κ2) is 9.46. The topological polar surface area (TPSA) is 53.1 Å². The Labute approximate surface area is 194 Å². The smallest absolute Gasteiger partial charge is 0.278 e. The van der Waals surface area contributed by atoms with Gasteiger partial charge in [0.2, 0.25) is 0 Å². The summed E-state index contributed by atoms with van der Waals surface area (Å²) in [5.74, 6) is 0.316. The zero-order valence-electron chi connectivity index (χ0n) is 19.3. The Morgan fingerprint density at radius 1 is 1.09 bits per heavy atom. The Morgan fingerprint density at radius 3 is 2.41 bits per heavy atom. The summed E-state index contributed by atoms with van der Waals surface area (Å²) in [4.78, 5) is 33.4. The number of amides is 2. The summed E-state index contributed by atoms with van der Waals surface area (Å²) in [5, 5.41) is 1.94. The zero-order chi connectivity index (χ0) is 22.8. The van der Waals surface area contributed by atoms with Gasteiger partial charge in [-0.3, -0.25) is 14.5 Å². The van der Waals surface area contributed by atoms with Crippen LogP contribution in [0.1, 0.15) is 28.8 Å². The molecule has 0 radical (unpaired) electrons. The molecule has 0 aliphatic carbocycles. The van der Waals surface area contributed by atoms with Crippen molar-refractivity contribution in [2.75, 3.05) is 40.3 Å². The Hall–Kier alpha value is -2.64. The number of hydrogen-bond donors (Lipinski definition) is 0. The van der Waals surface area contributed by atoms with E-state index in [1.807, 2.05) is 55.4 Å². The standard InChI is InChI=1S/C25H31N3O3S/c1-17-14-18(2)16-20(15-17)31-12-11-28-24(29)22(21-6-5-13-32-21)23(25(28)30)27(4)19-7-9-26(3)10-8-19/h5-6,13-16,19H,7-12H2,1-4H3. The third kappa shape index (κ3) is 4.59. The van der Waals surface area contributed by atoms with Crippen molar-refractivity contribution in [1.29, 1.82) is 0 Å². The molecule has 170 valence electrons. The maximum Gasteiger partial charge on any atom is 0.278 e. The summed E-state index contributed by atoms with van der Waals surface area (Å²) < 4.78 is 5.89. The first-order chi connectivity index (χ1) is 15.3. The van der Waals surface area contributed by atoms with Gasteiger partial charge in [-0.05, 0) is 81.5 Å². The van der Waals surface area contributed by atoms with E-state index in [4.69, 9.17) is 4.74 Å². The molecule has 0 saturated carbocycles. The number of ether oxygens (including phenoxy) is 1. The first-order valence-electron chi connectivity index (χ1n) is 11.1. The molecule has 2 aliphatic heterocycles. The van der Waals surface area contributed by atoms with Crippen LogP contribution in [-0.2, 0) is 9.59 Å². The van der Waals surface area contributed by atoms with Gasteiger partial charge >= 0.3 is 0 Å². The van der Waals surface area contributed by atoms with Crippen molar-refractivity contribution in [3.63, 3.8) is 0 Å². The van der Waals surface area contributed by atoms with Crippen LogP contribution in [0.5, 0.6) is 5.75 Å². The summed E-state index contributed by atoms with van der Waals surface area (Å²) in [6.45, 7) is 6.53. The van der Waals surface area contributed by atoms with Crippen molar-refractivity contribution in [1.82, 2.24) is 14.7 Å². The number of carbonyl (C=O) groups is 2. The van der Waals surface area contributed by atoms with E-state index in [9.17, 15) is 9.59 Å². The number of rotatable bonds is 7. The summed E-state index contributed by atoms with van der Waals surface area (Å²) in [5.41, 5.74) is 3.30. The van der Waals surface area contributed by atoms with Gasteiger partial charge in [-0.1, -0.05) is 12.1 Å². The lowest BCUT2D eigenvalue weighted by molar-refractivity contribution is -0.138. The predicted molar refractivity (Wildman–Crippen MR) is 128 cm³/mol. The fraction of sp³-hybridized carbons (Fsp3) is 0.440. The fourth-order valence-electron chi connectivity index (χ4n) is 4.57. The van der Waals surface area contributed by atoms with E-state index >= 15 is 0 Å². The molecular formula is C25H31N3O3S. The highest BCUT2D eigenvalue weighted by molar-refractivity contribution is 7.11. The zero-order valence-corrected chi connectivity index (χ0v) is 20.1. The van der Waals surface area contributed by atoms with Crippen molar-refractivity contribution in [2.45, 2.75) is 32.7 Å². The van der Waals surface area contributed by atoms with Crippen LogP contribution < -0.4 is 4.74 Å². The third-order valence-corrected chi connectivity index (χ3v) is 7.17. The lowest BCUT2D eigenvalue weighted by atomic mass is 10.0. The van der Waals surface area contributed by atoms with E-state index in [1.54, 1.807) is 0 Å². The number of hydrogen-bond acceptors (Lipinski definition) is 6. The first kappa shape index (κ1) is 22.6. The van der Waals surface area contributed by atoms with Crippen LogP contribution >= 0.6 is 11.3 Å². The monoisotopic (exact) mass is 453 g/mol. The predicted octanol–water partition coefficient (Wildman–Crippen LogP) is 3.55. The first-order valence-corrected chi connectivity index (χ1v) is 12.0. The van der Waals surface area contributed by atoms with Crippen LogP contribution in [-0.4, -0.2) is 72.9 Å². The van der Waals surface area contributed by atoms with Gasteiger partial charge in [0.1, 0.15) is 18.1 Å². The summed E-state index contributed by atoms with van der Waals surface area (Å²) in [6, 6.07) is 10.1. The van der Waals surface area contributed by atoms with E-state index in [0.29, 0.717) is 11.3 Å². The van der Waals surface area contributed by atoms with Gasteiger partial charge in [0, 0.05) is 18.0 Å². The van der Waals surface area contributed by atoms with Crippen LogP contribution in [0.15, 0.2) is 41.4 Å². The lowest BCUT2D eigenvalue weighted by Crippen LogP contribution is -2.44. The molecule has 3 heterocycles. The van der Waals surface area contributed by atoms with Crippen LogP contribution in [0, 0.1) is 13.8 Å². The van der Waals surface area contributed by atoms with Crippen molar-refractivity contribution >= 4 is 28.7 Å². The van der Waals surface area contributed by atoms with Gasteiger partial charge in [-0.25, -0.2) is 0 Å². The molecule has 4 rings (SSSR count). The molecule has 1 aromatic carbocycles. The maximum atomic E-state index is 13.5. The van der Waals surface area contributed by atoms with E-state index in [2.05, 4.69) is 18.0 Å². The van der Waals surface area contributed by atoms with E-state index in [1.165, 1.54) is 16.2 Å². The molecule has 2 aromatic rings. The minimum absolute atomic E-state index is 0.219. The second-order valence-corrected chi connectivity index (χ2v) is 9.73. The second-order valence-electron chi connectivity index (χ2n) is 8.78. The van der Waals surface area contributed by atoms with Gasteiger partial charge < -0.3 is 14.5 Å². The Kier molecular flexibility index (Phi) is 6.67. The number of benzene rings is 1. The number of carbonyl (C=O) groups excluding carboxylic acids is 2. The minimum atomic E-state index is -0.226. The Balaban J connectivity index is 1.52. The number of thiophene rings is 1. The number of aryl methyl sites for hydroxylation is 2. The molecular weight excluding hydrogens is 422 g/mol. The quantitative estimate of drug-likeness (QED) is 0.600. The van der Waals surface area contributed by atoms with E-state index in [0.717, 1.165) is 47.7 Å². The van der Waals surface area contributed by atoms with Gasteiger partial charge in [-0.2, -0.15) is 0 Å². The van der Waals surface area contributed by atoms with Crippen LogP contribution in [0.3, 0.4) is 0 Å². The summed E-state index contributed by atoms with van der Waals surface area (Å²) in [7, 11) is 4.08. The third-order valence-electron chi connectivity index (χ3n) is 6.28. The van der Waals surface area contributed by atoms with Gasteiger partial charge in [0.05, 0.1) is 12.1 Å². The highest BCUT2D eigenvalue weighted by Gasteiger charge is 2.42. The van der Waals surface area contributed by atoms with Gasteiger partial charge in [0.15, 0.2) is 0 Å². The summed E-state index contributed by atoms with van der Waals surface area (Å²) >= 11 is 1.50. The molecule has 1 fully saturated rings. The van der Waals surface area contributed by atoms with Crippen molar-refractivity contribution in [3.05, 3.63) is 57.4 Å². The SMILES string of the molecule is Cc1cc(C)cc(OCCN2C(=O)C(c3cccs3)=C(N(C)C3CCN(C)CC3)C2=O)c1. The van der Waals surface area contributed by atoms with E-state index in [-0.39, 0.29) is 31.0 Å². The molecule has 6 nitrogen and oxygen atoms in total. The van der Waals surface area contributed by atoms with Crippen LogP contribution in [0.2, 0.25) is 0 Å². The van der Waals surface area contributed by atoms with E-state index < -0.39 is 0 Å². The molecule has 2 amide bonds. The highest BCUT2D eigenvalue weighted by Crippen LogP contribution is 2.35. The van der Waals surface area contributed by atoms with Crippen LogP contribution in [0.4, 0.5) is 0 Å². The molecule has 32 heavy (non-hydrogen) atoms. The number of nitrogens with zero attached hydrogens (tertiary/aromatic N) is 3. The Bertz CT molecular complexity index is 1000. The molecule has 0 atom stereocenters. The molecule has 0 spiro atoms. The van der Waals surface area contributed by atoms with Gasteiger partial charge in [0.25, 0.3) is 11.8 Å². The number of piperidine rings is 1. The molecule has 2 aliphatic rings. The van der Waals surface area contributed by atoms with Crippen molar-refractivity contribution in [3.8, 4) is 5.75 Å².